The van der Waals surface area contributed by atoms with Crippen molar-refractivity contribution in [3.63, 3.8) is 0 Å². The molecule has 4 nitrogen and oxygen atoms in total. The zero-order valence-corrected chi connectivity index (χ0v) is 13.7. The predicted octanol–water partition coefficient (Wildman–Crippen LogP) is 3.29. The molecule has 2 rings (SSSR count). The van der Waals surface area contributed by atoms with E-state index >= 15 is 0 Å². The Bertz CT molecular complexity index is 626. The number of aryl methyl sites for hydroxylation is 1. The molecule has 0 aliphatic heterocycles. The number of benzene rings is 1. The molecular formula is C14H17IN2O2. The molecule has 1 aromatic carbocycles. The van der Waals surface area contributed by atoms with Crippen LogP contribution in [-0.2, 0) is 16.1 Å². The zero-order chi connectivity index (χ0) is 14.2. The molecule has 0 N–H and O–H groups in total. The van der Waals surface area contributed by atoms with Crippen LogP contribution in [0.2, 0.25) is 0 Å². The van der Waals surface area contributed by atoms with Crippen molar-refractivity contribution in [2.24, 2.45) is 0 Å². The topological polar surface area (TPSA) is 44.1 Å². The van der Waals surface area contributed by atoms with Gasteiger partial charge in [0.15, 0.2) is 0 Å². The molecule has 0 fully saturated rings. The average Bonchev–Trinajstić information content (AvgIpc) is 2.52. The van der Waals surface area contributed by atoms with Gasteiger partial charge in [0.25, 0.3) is 0 Å². The molecule has 2 aromatic rings. The number of fused-ring (bicyclic) bond motifs is 1. The maximum absolute atomic E-state index is 11.9. The van der Waals surface area contributed by atoms with Crippen LogP contribution in [0.1, 0.15) is 26.3 Å². The summed E-state index contributed by atoms with van der Waals surface area (Å²) in [6.45, 7) is 7.75. The normalized spacial score (nSPS) is 11.8. The minimum atomic E-state index is -0.469. The van der Waals surface area contributed by atoms with Crippen LogP contribution in [0.15, 0.2) is 18.2 Å². The molecule has 0 spiro atoms. The molecule has 0 bridgehead atoms. The van der Waals surface area contributed by atoms with E-state index in [4.69, 9.17) is 4.74 Å². The smallest absolute Gasteiger partial charge is 0.328 e. The van der Waals surface area contributed by atoms with Gasteiger partial charge < -0.3 is 4.74 Å². The molecule has 5 heteroatoms. The second kappa shape index (κ2) is 5.11. The van der Waals surface area contributed by atoms with Crippen LogP contribution in [0, 0.1) is 10.6 Å². The first-order chi connectivity index (χ1) is 8.76. The van der Waals surface area contributed by atoms with Gasteiger partial charge in [-0.05, 0) is 68.0 Å². The summed E-state index contributed by atoms with van der Waals surface area (Å²) in [5, 5.41) is 5.47. The lowest BCUT2D eigenvalue weighted by atomic mass is 10.2. The van der Waals surface area contributed by atoms with Crippen molar-refractivity contribution in [2.75, 3.05) is 0 Å². The van der Waals surface area contributed by atoms with Crippen molar-refractivity contribution in [3.05, 3.63) is 27.5 Å². The highest BCUT2D eigenvalue weighted by Gasteiger charge is 2.18. The van der Waals surface area contributed by atoms with Crippen LogP contribution in [-0.4, -0.2) is 21.4 Å². The standard InChI is InChI=1S/C14H17IN2O2/c1-9-5-6-10-11(7-9)17(16-13(10)15)8-12(18)19-14(2,3)4/h5-7H,8H2,1-4H3. The third-order valence-electron chi connectivity index (χ3n) is 2.56. The van der Waals surface area contributed by atoms with Crippen molar-refractivity contribution in [1.29, 1.82) is 0 Å². The Morgan fingerprint density at radius 3 is 2.74 bits per heavy atom. The van der Waals surface area contributed by atoms with Crippen LogP contribution in [0.4, 0.5) is 0 Å². The Labute approximate surface area is 126 Å². The fourth-order valence-electron chi connectivity index (χ4n) is 1.86. The Balaban J connectivity index is 2.31. The predicted molar refractivity (Wildman–Crippen MR) is 83.0 cm³/mol. The lowest BCUT2D eigenvalue weighted by Gasteiger charge is -2.19. The van der Waals surface area contributed by atoms with E-state index in [0.29, 0.717) is 0 Å². The summed E-state index contributed by atoms with van der Waals surface area (Å²) in [7, 11) is 0. The summed E-state index contributed by atoms with van der Waals surface area (Å²) in [6.07, 6.45) is 0. The largest absolute Gasteiger partial charge is 0.459 e. The maximum atomic E-state index is 11.9. The summed E-state index contributed by atoms with van der Waals surface area (Å²) in [4.78, 5) is 11.9. The van der Waals surface area contributed by atoms with Crippen LogP contribution in [0.25, 0.3) is 10.9 Å². The number of esters is 1. The third kappa shape index (κ3) is 3.46. The van der Waals surface area contributed by atoms with Gasteiger partial charge in [0.1, 0.15) is 15.8 Å². The van der Waals surface area contributed by atoms with Gasteiger partial charge in [-0.25, -0.2) is 0 Å². The molecule has 0 saturated carbocycles. The van der Waals surface area contributed by atoms with Gasteiger partial charge >= 0.3 is 5.97 Å². The SMILES string of the molecule is Cc1ccc2c(I)nn(CC(=O)OC(C)(C)C)c2c1. The fourth-order valence-corrected chi connectivity index (χ4v) is 2.58. The molecule has 0 unspecified atom stereocenters. The summed E-state index contributed by atoms with van der Waals surface area (Å²) >= 11 is 2.18. The Hall–Kier alpha value is -1.11. The van der Waals surface area contributed by atoms with E-state index in [0.717, 1.165) is 20.2 Å². The molecule has 1 heterocycles. The number of hydrogen-bond acceptors (Lipinski definition) is 3. The van der Waals surface area contributed by atoms with E-state index in [9.17, 15) is 4.79 Å². The lowest BCUT2D eigenvalue weighted by Crippen LogP contribution is -2.26. The highest BCUT2D eigenvalue weighted by Crippen LogP contribution is 2.21. The minimum absolute atomic E-state index is 0.139. The molecular weight excluding hydrogens is 355 g/mol. The molecule has 0 amide bonds. The Morgan fingerprint density at radius 2 is 2.11 bits per heavy atom. The van der Waals surface area contributed by atoms with Gasteiger partial charge in [-0.1, -0.05) is 6.07 Å². The number of nitrogens with zero attached hydrogens (tertiary/aromatic N) is 2. The Morgan fingerprint density at radius 1 is 1.42 bits per heavy atom. The van der Waals surface area contributed by atoms with Gasteiger partial charge in [-0.15, -0.1) is 0 Å². The number of halogens is 1. The number of ether oxygens (including phenoxy) is 1. The van der Waals surface area contributed by atoms with E-state index in [1.54, 1.807) is 4.68 Å². The van der Waals surface area contributed by atoms with Crippen LogP contribution in [0.3, 0.4) is 0 Å². The first kappa shape index (κ1) is 14.3. The van der Waals surface area contributed by atoms with E-state index in [2.05, 4.69) is 27.7 Å². The summed E-state index contributed by atoms with van der Waals surface area (Å²) < 4.78 is 7.93. The number of hydrogen-bond donors (Lipinski definition) is 0. The molecule has 1 aromatic heterocycles. The van der Waals surface area contributed by atoms with Crippen LogP contribution >= 0.6 is 22.6 Å². The molecule has 0 saturated heterocycles. The van der Waals surface area contributed by atoms with Crippen molar-refractivity contribution >= 4 is 39.5 Å². The number of aromatic nitrogens is 2. The van der Waals surface area contributed by atoms with Gasteiger partial charge in [0.2, 0.25) is 0 Å². The molecule has 0 radical (unpaired) electrons. The zero-order valence-electron chi connectivity index (χ0n) is 11.5. The molecule has 102 valence electrons. The molecule has 19 heavy (non-hydrogen) atoms. The van der Waals surface area contributed by atoms with E-state index < -0.39 is 5.60 Å². The second-order valence-electron chi connectivity index (χ2n) is 5.56. The van der Waals surface area contributed by atoms with Gasteiger partial charge in [0, 0.05) is 5.39 Å². The third-order valence-corrected chi connectivity index (χ3v) is 3.36. The molecule has 0 aliphatic rings. The van der Waals surface area contributed by atoms with Crippen molar-refractivity contribution in [1.82, 2.24) is 9.78 Å². The summed E-state index contributed by atoms with van der Waals surface area (Å²) in [5.74, 6) is -0.269. The van der Waals surface area contributed by atoms with E-state index in [1.165, 1.54) is 0 Å². The number of rotatable bonds is 2. The van der Waals surface area contributed by atoms with Crippen molar-refractivity contribution in [2.45, 2.75) is 39.8 Å². The van der Waals surface area contributed by atoms with Gasteiger partial charge in [0.05, 0.1) is 5.52 Å². The van der Waals surface area contributed by atoms with Gasteiger partial charge in [-0.2, -0.15) is 5.10 Å². The molecule has 0 atom stereocenters. The highest BCUT2D eigenvalue weighted by atomic mass is 127. The van der Waals surface area contributed by atoms with Crippen LogP contribution < -0.4 is 0 Å². The first-order valence-corrected chi connectivity index (χ1v) is 7.19. The second-order valence-corrected chi connectivity index (χ2v) is 6.58. The summed E-state index contributed by atoms with van der Waals surface area (Å²) in [6, 6.07) is 6.11. The summed E-state index contributed by atoms with van der Waals surface area (Å²) in [5.41, 5.74) is 1.65. The Kier molecular flexibility index (Phi) is 3.85. The average molecular weight is 372 g/mol. The molecule has 0 aliphatic carbocycles. The van der Waals surface area contributed by atoms with E-state index in [-0.39, 0.29) is 12.5 Å². The monoisotopic (exact) mass is 372 g/mol. The minimum Gasteiger partial charge on any atom is -0.459 e. The number of carbonyl (C=O) groups is 1. The first-order valence-electron chi connectivity index (χ1n) is 6.11. The quantitative estimate of drug-likeness (QED) is 0.600. The highest BCUT2D eigenvalue weighted by molar-refractivity contribution is 14.1. The lowest BCUT2D eigenvalue weighted by molar-refractivity contribution is -0.155. The van der Waals surface area contributed by atoms with Crippen molar-refractivity contribution in [3.8, 4) is 0 Å². The van der Waals surface area contributed by atoms with Crippen LogP contribution in [0.5, 0.6) is 0 Å². The number of carbonyl (C=O) groups excluding carboxylic acids is 1. The fraction of sp³-hybridized carbons (Fsp3) is 0.429. The van der Waals surface area contributed by atoms with Crippen molar-refractivity contribution < 1.29 is 9.53 Å². The van der Waals surface area contributed by atoms with Gasteiger partial charge in [-0.3, -0.25) is 9.48 Å². The van der Waals surface area contributed by atoms with E-state index in [1.807, 2.05) is 45.9 Å². The maximum Gasteiger partial charge on any atom is 0.328 e.